The number of benzene rings is 1. The number of amides is 1. The van der Waals surface area contributed by atoms with Crippen LogP contribution in [0.4, 0.5) is 0 Å². The molecule has 0 spiro atoms. The minimum absolute atomic E-state index is 0.219. The van der Waals surface area contributed by atoms with Gasteiger partial charge in [0.1, 0.15) is 0 Å². The predicted octanol–water partition coefficient (Wildman–Crippen LogP) is 2.27. The Kier molecular flexibility index (Phi) is 4.59. The number of hydrogen-bond acceptors (Lipinski definition) is 2. The zero-order valence-corrected chi connectivity index (χ0v) is 11.9. The summed E-state index contributed by atoms with van der Waals surface area (Å²) in [5, 5.41) is 0. The van der Waals surface area contributed by atoms with Gasteiger partial charge < -0.3 is 10.6 Å². The normalized spacial score (nSPS) is 23.4. The SMILES string of the molecule is Cc1ccccc1CC(=O)N1C(C)CCCC1CN. The molecule has 1 amide bonds. The summed E-state index contributed by atoms with van der Waals surface area (Å²) in [6.07, 6.45) is 3.81. The molecule has 1 aliphatic rings. The molecule has 104 valence electrons. The number of aryl methyl sites for hydroxylation is 1. The van der Waals surface area contributed by atoms with Crippen molar-refractivity contribution in [2.24, 2.45) is 5.73 Å². The van der Waals surface area contributed by atoms with Gasteiger partial charge in [-0.05, 0) is 44.2 Å². The first kappa shape index (κ1) is 14.1. The maximum absolute atomic E-state index is 12.6. The van der Waals surface area contributed by atoms with Gasteiger partial charge in [-0.2, -0.15) is 0 Å². The Balaban J connectivity index is 2.11. The van der Waals surface area contributed by atoms with E-state index in [1.807, 2.05) is 23.1 Å². The van der Waals surface area contributed by atoms with Gasteiger partial charge in [0, 0.05) is 18.6 Å². The minimum atomic E-state index is 0.219. The topological polar surface area (TPSA) is 46.3 Å². The van der Waals surface area contributed by atoms with Crippen LogP contribution in [0.1, 0.15) is 37.3 Å². The van der Waals surface area contributed by atoms with Crippen LogP contribution >= 0.6 is 0 Å². The number of piperidine rings is 1. The summed E-state index contributed by atoms with van der Waals surface area (Å²) in [5.74, 6) is 0.219. The summed E-state index contributed by atoms with van der Waals surface area (Å²) in [4.78, 5) is 14.6. The number of nitrogens with two attached hydrogens (primary N) is 1. The van der Waals surface area contributed by atoms with E-state index in [2.05, 4.69) is 19.9 Å². The number of carbonyl (C=O) groups is 1. The molecule has 19 heavy (non-hydrogen) atoms. The average Bonchev–Trinajstić information content (AvgIpc) is 2.40. The fourth-order valence-electron chi connectivity index (χ4n) is 3.03. The van der Waals surface area contributed by atoms with Crippen LogP contribution in [0, 0.1) is 6.92 Å². The average molecular weight is 260 g/mol. The molecule has 1 heterocycles. The van der Waals surface area contributed by atoms with Crippen molar-refractivity contribution in [2.75, 3.05) is 6.54 Å². The molecule has 0 saturated carbocycles. The highest BCUT2D eigenvalue weighted by molar-refractivity contribution is 5.80. The number of carbonyl (C=O) groups excluding carboxylic acids is 1. The largest absolute Gasteiger partial charge is 0.335 e. The Morgan fingerprint density at radius 1 is 1.37 bits per heavy atom. The second-order valence-corrected chi connectivity index (χ2v) is 5.57. The lowest BCUT2D eigenvalue weighted by atomic mass is 9.95. The molecular formula is C16H24N2O. The molecule has 1 saturated heterocycles. The molecule has 1 aromatic carbocycles. The minimum Gasteiger partial charge on any atom is -0.335 e. The number of nitrogens with zero attached hydrogens (tertiary/aromatic N) is 1. The van der Waals surface area contributed by atoms with Gasteiger partial charge in [0.2, 0.25) is 5.91 Å². The second kappa shape index (κ2) is 6.20. The van der Waals surface area contributed by atoms with E-state index in [0.29, 0.717) is 19.0 Å². The first-order valence-electron chi connectivity index (χ1n) is 7.19. The van der Waals surface area contributed by atoms with E-state index in [9.17, 15) is 4.79 Å². The van der Waals surface area contributed by atoms with Gasteiger partial charge in [-0.3, -0.25) is 4.79 Å². The van der Waals surface area contributed by atoms with E-state index in [4.69, 9.17) is 5.73 Å². The quantitative estimate of drug-likeness (QED) is 0.906. The van der Waals surface area contributed by atoms with Crippen LogP contribution < -0.4 is 5.73 Å². The summed E-state index contributed by atoms with van der Waals surface area (Å²) in [7, 11) is 0. The van der Waals surface area contributed by atoms with Gasteiger partial charge in [0.25, 0.3) is 0 Å². The molecule has 3 heteroatoms. The van der Waals surface area contributed by atoms with Crippen molar-refractivity contribution in [3.05, 3.63) is 35.4 Å². The maximum Gasteiger partial charge on any atom is 0.227 e. The van der Waals surface area contributed by atoms with Crippen molar-refractivity contribution in [1.29, 1.82) is 0 Å². The molecule has 2 rings (SSSR count). The molecule has 2 N–H and O–H groups in total. The smallest absolute Gasteiger partial charge is 0.227 e. The van der Waals surface area contributed by atoms with Crippen molar-refractivity contribution in [1.82, 2.24) is 4.90 Å². The van der Waals surface area contributed by atoms with Gasteiger partial charge in [-0.15, -0.1) is 0 Å². The standard InChI is InChI=1S/C16H24N2O/c1-12-6-3-4-8-14(12)10-16(19)18-13(2)7-5-9-15(18)11-17/h3-4,6,8,13,15H,5,7,9-11,17H2,1-2H3. The van der Waals surface area contributed by atoms with E-state index < -0.39 is 0 Å². The van der Waals surface area contributed by atoms with E-state index in [0.717, 1.165) is 18.4 Å². The zero-order chi connectivity index (χ0) is 13.8. The van der Waals surface area contributed by atoms with E-state index in [-0.39, 0.29) is 11.9 Å². The van der Waals surface area contributed by atoms with E-state index >= 15 is 0 Å². The third-order valence-electron chi connectivity index (χ3n) is 4.19. The predicted molar refractivity (Wildman–Crippen MR) is 77.9 cm³/mol. The molecule has 2 atom stereocenters. The van der Waals surface area contributed by atoms with Crippen LogP contribution in [0.2, 0.25) is 0 Å². The lowest BCUT2D eigenvalue weighted by molar-refractivity contribution is -0.136. The van der Waals surface area contributed by atoms with E-state index in [1.54, 1.807) is 0 Å². The molecule has 1 fully saturated rings. The Morgan fingerprint density at radius 3 is 2.79 bits per heavy atom. The molecule has 0 aromatic heterocycles. The fraction of sp³-hybridized carbons (Fsp3) is 0.562. The molecule has 0 aliphatic carbocycles. The highest BCUT2D eigenvalue weighted by Gasteiger charge is 2.30. The van der Waals surface area contributed by atoms with Crippen LogP contribution in [-0.2, 0) is 11.2 Å². The van der Waals surface area contributed by atoms with Crippen LogP contribution in [-0.4, -0.2) is 29.4 Å². The van der Waals surface area contributed by atoms with Crippen molar-refractivity contribution in [3.63, 3.8) is 0 Å². The number of likely N-dealkylation sites (tertiary alicyclic amines) is 1. The first-order chi connectivity index (χ1) is 9.13. The molecule has 1 aromatic rings. The van der Waals surface area contributed by atoms with Gasteiger partial charge in [0.05, 0.1) is 6.42 Å². The Labute approximate surface area is 115 Å². The molecule has 0 radical (unpaired) electrons. The fourth-order valence-corrected chi connectivity index (χ4v) is 3.03. The highest BCUT2D eigenvalue weighted by Crippen LogP contribution is 2.23. The first-order valence-corrected chi connectivity index (χ1v) is 7.19. The Bertz CT molecular complexity index is 444. The third-order valence-corrected chi connectivity index (χ3v) is 4.19. The van der Waals surface area contributed by atoms with Crippen molar-refractivity contribution >= 4 is 5.91 Å². The maximum atomic E-state index is 12.6. The molecule has 3 nitrogen and oxygen atoms in total. The summed E-state index contributed by atoms with van der Waals surface area (Å²) in [6.45, 7) is 4.77. The monoisotopic (exact) mass is 260 g/mol. The lowest BCUT2D eigenvalue weighted by Gasteiger charge is -2.40. The Morgan fingerprint density at radius 2 is 2.11 bits per heavy atom. The molecular weight excluding hydrogens is 236 g/mol. The van der Waals surface area contributed by atoms with Crippen molar-refractivity contribution < 1.29 is 4.79 Å². The van der Waals surface area contributed by atoms with Crippen LogP contribution in [0.25, 0.3) is 0 Å². The second-order valence-electron chi connectivity index (χ2n) is 5.57. The van der Waals surface area contributed by atoms with Crippen molar-refractivity contribution in [2.45, 2.75) is 51.6 Å². The van der Waals surface area contributed by atoms with Crippen LogP contribution in [0.15, 0.2) is 24.3 Å². The number of hydrogen-bond donors (Lipinski definition) is 1. The highest BCUT2D eigenvalue weighted by atomic mass is 16.2. The molecule has 2 unspecified atom stereocenters. The van der Waals surface area contributed by atoms with Crippen LogP contribution in [0.3, 0.4) is 0 Å². The lowest BCUT2D eigenvalue weighted by Crippen LogP contribution is -2.52. The van der Waals surface area contributed by atoms with Gasteiger partial charge in [0.15, 0.2) is 0 Å². The Hall–Kier alpha value is -1.35. The van der Waals surface area contributed by atoms with Crippen molar-refractivity contribution in [3.8, 4) is 0 Å². The summed E-state index contributed by atoms with van der Waals surface area (Å²) >= 11 is 0. The zero-order valence-electron chi connectivity index (χ0n) is 11.9. The number of rotatable bonds is 3. The molecule has 0 bridgehead atoms. The molecule has 1 aliphatic heterocycles. The summed E-state index contributed by atoms with van der Waals surface area (Å²) in [6, 6.07) is 8.65. The van der Waals surface area contributed by atoms with Gasteiger partial charge in [-0.25, -0.2) is 0 Å². The van der Waals surface area contributed by atoms with Crippen LogP contribution in [0.5, 0.6) is 0 Å². The van der Waals surface area contributed by atoms with Gasteiger partial charge >= 0.3 is 0 Å². The summed E-state index contributed by atoms with van der Waals surface area (Å²) < 4.78 is 0. The summed E-state index contributed by atoms with van der Waals surface area (Å²) in [5.41, 5.74) is 8.13. The third kappa shape index (κ3) is 3.16. The van der Waals surface area contributed by atoms with E-state index in [1.165, 1.54) is 12.0 Å². The van der Waals surface area contributed by atoms with Gasteiger partial charge in [-0.1, -0.05) is 24.3 Å².